The molecule has 0 unspecified atom stereocenters. The summed E-state index contributed by atoms with van der Waals surface area (Å²) in [5.74, 6) is -3.83. The number of hydrogen-bond acceptors (Lipinski definition) is 2. The zero-order valence-electron chi connectivity index (χ0n) is 8.86. The zero-order valence-corrected chi connectivity index (χ0v) is 10.4. The molecule has 3 N–H and O–H groups in total. The summed E-state index contributed by atoms with van der Waals surface area (Å²) in [6.07, 6.45) is -4.39. The molecule has 0 aromatic heterocycles. The van der Waals surface area contributed by atoms with Gasteiger partial charge in [-0.1, -0.05) is 11.6 Å². The summed E-state index contributed by atoms with van der Waals surface area (Å²) in [6.45, 7) is 0. The summed E-state index contributed by atoms with van der Waals surface area (Å²) >= 11 is 9.81. The molecule has 0 aliphatic carbocycles. The van der Waals surface area contributed by atoms with Gasteiger partial charge in [0.1, 0.15) is 0 Å². The van der Waals surface area contributed by atoms with Gasteiger partial charge >= 0.3 is 6.18 Å². The molecule has 0 radical (unpaired) electrons. The van der Waals surface area contributed by atoms with Gasteiger partial charge in [-0.05, 0) is 18.3 Å². The highest BCUT2D eigenvalue weighted by Crippen LogP contribution is 2.35. The van der Waals surface area contributed by atoms with E-state index in [4.69, 9.17) is 17.3 Å². The first-order valence-corrected chi connectivity index (χ1v) is 5.26. The normalized spacial score (nSPS) is 11.9. The monoisotopic (exact) mass is 317 g/mol. The van der Waals surface area contributed by atoms with E-state index in [1.54, 1.807) is 0 Å². The van der Waals surface area contributed by atoms with E-state index in [-0.39, 0.29) is 11.2 Å². The van der Waals surface area contributed by atoms with E-state index in [0.29, 0.717) is 6.21 Å². The van der Waals surface area contributed by atoms with Crippen molar-refractivity contribution in [3.8, 4) is 0 Å². The van der Waals surface area contributed by atoms with Crippen molar-refractivity contribution in [3.63, 3.8) is 0 Å². The van der Waals surface area contributed by atoms with Gasteiger partial charge in [-0.25, -0.2) is 8.78 Å². The third-order valence-corrected chi connectivity index (χ3v) is 2.27. The predicted octanol–water partition coefficient (Wildman–Crippen LogP) is 2.80. The minimum atomic E-state index is -5.05. The van der Waals surface area contributed by atoms with Crippen molar-refractivity contribution in [3.05, 3.63) is 33.9 Å². The molecule has 19 heavy (non-hydrogen) atoms. The van der Waals surface area contributed by atoms with Crippen molar-refractivity contribution < 1.29 is 22.0 Å². The molecule has 0 amide bonds. The van der Waals surface area contributed by atoms with E-state index >= 15 is 0 Å². The molecule has 0 fully saturated rings. The van der Waals surface area contributed by atoms with E-state index in [9.17, 15) is 22.0 Å². The number of thiocarbonyl (C=S) groups is 1. The molecule has 0 heterocycles. The molecule has 0 aliphatic heterocycles. The second kappa shape index (κ2) is 5.66. The van der Waals surface area contributed by atoms with E-state index in [2.05, 4.69) is 17.3 Å². The van der Waals surface area contributed by atoms with Crippen molar-refractivity contribution in [2.24, 2.45) is 10.8 Å². The summed E-state index contributed by atoms with van der Waals surface area (Å²) in [7, 11) is 0. The molecule has 1 aromatic rings. The van der Waals surface area contributed by atoms with Crippen molar-refractivity contribution in [2.75, 3.05) is 0 Å². The molecule has 0 saturated heterocycles. The van der Waals surface area contributed by atoms with Crippen LogP contribution < -0.4 is 11.2 Å². The van der Waals surface area contributed by atoms with E-state index < -0.39 is 34.0 Å². The summed E-state index contributed by atoms with van der Waals surface area (Å²) < 4.78 is 63.7. The number of rotatable bonds is 2. The van der Waals surface area contributed by atoms with Gasteiger partial charge in [0, 0.05) is 0 Å². The average Bonchev–Trinajstić information content (AvgIpc) is 2.26. The van der Waals surface area contributed by atoms with Gasteiger partial charge in [-0.3, -0.25) is 5.43 Å². The molecule has 3 nitrogen and oxygen atoms in total. The Morgan fingerprint density at radius 1 is 1.37 bits per heavy atom. The van der Waals surface area contributed by atoms with Crippen LogP contribution in [0.15, 0.2) is 11.2 Å². The largest absolute Gasteiger partial charge is 0.419 e. The van der Waals surface area contributed by atoms with Crippen LogP contribution in [0.5, 0.6) is 0 Å². The lowest BCUT2D eigenvalue weighted by atomic mass is 10.1. The first kappa shape index (κ1) is 15.6. The van der Waals surface area contributed by atoms with E-state index in [1.165, 1.54) is 0 Å². The third kappa shape index (κ3) is 3.74. The van der Waals surface area contributed by atoms with Crippen molar-refractivity contribution in [1.29, 1.82) is 0 Å². The fourth-order valence-electron chi connectivity index (χ4n) is 1.09. The lowest BCUT2D eigenvalue weighted by Gasteiger charge is -2.11. The minimum Gasteiger partial charge on any atom is -0.375 e. The van der Waals surface area contributed by atoms with Crippen LogP contribution >= 0.6 is 23.8 Å². The topological polar surface area (TPSA) is 50.4 Å². The summed E-state index contributed by atoms with van der Waals surface area (Å²) in [4.78, 5) is 0. The van der Waals surface area contributed by atoms with Gasteiger partial charge < -0.3 is 5.73 Å². The molecule has 0 aliphatic rings. The lowest BCUT2D eigenvalue weighted by molar-refractivity contribution is -0.140. The highest BCUT2D eigenvalue weighted by Gasteiger charge is 2.36. The Morgan fingerprint density at radius 2 is 1.95 bits per heavy atom. The van der Waals surface area contributed by atoms with Crippen LogP contribution in [0.1, 0.15) is 11.1 Å². The van der Waals surface area contributed by atoms with Crippen LogP contribution in [0.2, 0.25) is 5.02 Å². The fraction of sp³-hybridized carbons (Fsp3) is 0.111. The Hall–Kier alpha value is -1.48. The molecular formula is C9H5ClF5N3S. The van der Waals surface area contributed by atoms with Crippen LogP contribution in [-0.4, -0.2) is 11.3 Å². The van der Waals surface area contributed by atoms with Crippen molar-refractivity contribution >= 4 is 35.1 Å². The highest BCUT2D eigenvalue weighted by molar-refractivity contribution is 7.80. The second-order valence-electron chi connectivity index (χ2n) is 3.18. The Kier molecular flexibility index (Phi) is 4.64. The third-order valence-electron chi connectivity index (χ3n) is 1.87. The van der Waals surface area contributed by atoms with Gasteiger partial charge in [0.25, 0.3) is 0 Å². The SMILES string of the molecule is NC(=S)NN=Cc1c(Cl)cc(C(F)(F)F)c(F)c1F. The van der Waals surface area contributed by atoms with Gasteiger partial charge in [0.05, 0.1) is 22.4 Å². The number of nitrogens with two attached hydrogens (primary N) is 1. The molecule has 0 bridgehead atoms. The number of hydrogen-bond donors (Lipinski definition) is 2. The number of alkyl halides is 3. The molecular weight excluding hydrogens is 313 g/mol. The highest BCUT2D eigenvalue weighted by atomic mass is 35.5. The lowest BCUT2D eigenvalue weighted by Crippen LogP contribution is -2.24. The van der Waals surface area contributed by atoms with E-state index in [1.807, 2.05) is 5.43 Å². The molecule has 1 rings (SSSR count). The second-order valence-corrected chi connectivity index (χ2v) is 4.03. The fourth-order valence-corrected chi connectivity index (χ4v) is 1.39. The van der Waals surface area contributed by atoms with Gasteiger partial charge in [0.15, 0.2) is 16.7 Å². The standard InChI is InChI=1S/C9H5ClF5N3S/c10-5-1-4(9(13,14)15)7(12)6(11)3(5)2-17-18-8(16)19/h1-2H,(H3,16,18,19). The Balaban J connectivity index is 3.27. The summed E-state index contributed by atoms with van der Waals surface area (Å²) in [5.41, 5.74) is 4.57. The number of benzene rings is 1. The molecule has 0 saturated carbocycles. The van der Waals surface area contributed by atoms with Crippen molar-refractivity contribution in [1.82, 2.24) is 5.43 Å². The van der Waals surface area contributed by atoms with Crippen LogP contribution in [0.4, 0.5) is 22.0 Å². The van der Waals surface area contributed by atoms with Crippen LogP contribution in [0.3, 0.4) is 0 Å². The van der Waals surface area contributed by atoms with Gasteiger partial charge in [-0.2, -0.15) is 18.3 Å². The number of halogens is 6. The summed E-state index contributed by atoms with van der Waals surface area (Å²) in [6, 6.07) is 0.266. The first-order valence-electron chi connectivity index (χ1n) is 4.47. The van der Waals surface area contributed by atoms with Crippen LogP contribution in [0.25, 0.3) is 0 Å². The predicted molar refractivity (Wildman–Crippen MR) is 63.9 cm³/mol. The van der Waals surface area contributed by atoms with Gasteiger partial charge in [-0.15, -0.1) is 0 Å². The molecule has 0 spiro atoms. The Morgan fingerprint density at radius 3 is 2.42 bits per heavy atom. The van der Waals surface area contributed by atoms with Gasteiger partial charge in [0.2, 0.25) is 0 Å². The number of nitrogens with zero attached hydrogens (tertiary/aromatic N) is 1. The average molecular weight is 318 g/mol. The minimum absolute atomic E-state index is 0.264. The molecule has 10 heteroatoms. The maximum atomic E-state index is 13.4. The molecule has 0 atom stereocenters. The van der Waals surface area contributed by atoms with Crippen LogP contribution in [0, 0.1) is 11.6 Å². The molecule has 104 valence electrons. The molecule has 1 aromatic carbocycles. The van der Waals surface area contributed by atoms with E-state index in [0.717, 1.165) is 0 Å². The zero-order chi connectivity index (χ0) is 14.8. The smallest absolute Gasteiger partial charge is 0.375 e. The maximum absolute atomic E-state index is 13.4. The number of nitrogens with one attached hydrogen (secondary N) is 1. The first-order chi connectivity index (χ1) is 8.64. The Bertz CT molecular complexity index is 544. The quantitative estimate of drug-likeness (QED) is 0.290. The Labute approximate surface area is 114 Å². The van der Waals surface area contributed by atoms with Crippen LogP contribution in [-0.2, 0) is 6.18 Å². The number of hydrazone groups is 1. The summed E-state index contributed by atoms with van der Waals surface area (Å²) in [5, 5.41) is 2.37. The van der Waals surface area contributed by atoms with Crippen molar-refractivity contribution in [2.45, 2.75) is 6.18 Å². The maximum Gasteiger partial charge on any atom is 0.419 e.